The van der Waals surface area contributed by atoms with Gasteiger partial charge in [-0.2, -0.15) is 0 Å². The van der Waals surface area contributed by atoms with E-state index >= 15 is 0 Å². The highest BCUT2D eigenvalue weighted by molar-refractivity contribution is 6.34. The quantitative estimate of drug-likeness (QED) is 0.616. The molecule has 20 heavy (non-hydrogen) atoms. The zero-order valence-corrected chi connectivity index (χ0v) is 12.6. The van der Waals surface area contributed by atoms with Crippen LogP contribution in [0, 0.1) is 13.8 Å². The van der Waals surface area contributed by atoms with Gasteiger partial charge in [0.1, 0.15) is 5.69 Å². The van der Waals surface area contributed by atoms with Crippen molar-refractivity contribution in [3.8, 4) is 11.3 Å². The summed E-state index contributed by atoms with van der Waals surface area (Å²) in [7, 11) is 0. The smallest absolute Gasteiger partial charge is 0.148 e. The lowest BCUT2D eigenvalue weighted by molar-refractivity contribution is 1.05. The molecule has 1 heterocycles. The molecule has 0 saturated heterocycles. The first-order valence-corrected chi connectivity index (χ1v) is 7.01. The van der Waals surface area contributed by atoms with E-state index in [9.17, 15) is 0 Å². The van der Waals surface area contributed by atoms with E-state index in [1.807, 2.05) is 50.2 Å². The number of aromatic nitrogens is 2. The maximum absolute atomic E-state index is 6.16. The van der Waals surface area contributed by atoms with E-state index in [-0.39, 0.29) is 0 Å². The van der Waals surface area contributed by atoms with Crippen molar-refractivity contribution < 1.29 is 0 Å². The van der Waals surface area contributed by atoms with Gasteiger partial charge in [-0.3, -0.25) is 0 Å². The molecule has 0 bridgehead atoms. The summed E-state index contributed by atoms with van der Waals surface area (Å²) < 4.78 is 0. The highest BCUT2D eigenvalue weighted by atomic mass is 35.5. The molecule has 0 radical (unpaired) electrons. The minimum atomic E-state index is 0.424. The topological polar surface area (TPSA) is 25.8 Å². The summed E-state index contributed by atoms with van der Waals surface area (Å²) in [6.45, 7) is 4.00. The predicted molar refractivity (Wildman–Crippen MR) is 84.5 cm³/mol. The van der Waals surface area contributed by atoms with Gasteiger partial charge in [0.15, 0.2) is 5.15 Å². The van der Waals surface area contributed by atoms with Gasteiger partial charge in [0.25, 0.3) is 0 Å². The number of hydrogen-bond donors (Lipinski definition) is 0. The van der Waals surface area contributed by atoms with Crippen molar-refractivity contribution >= 4 is 34.0 Å². The van der Waals surface area contributed by atoms with Gasteiger partial charge in [0, 0.05) is 21.4 Å². The van der Waals surface area contributed by atoms with Gasteiger partial charge in [-0.1, -0.05) is 47.5 Å². The van der Waals surface area contributed by atoms with Gasteiger partial charge in [-0.05, 0) is 37.1 Å². The maximum Gasteiger partial charge on any atom is 0.159 e. The van der Waals surface area contributed by atoms with Crippen LogP contribution in [0.15, 0.2) is 36.4 Å². The summed E-state index contributed by atoms with van der Waals surface area (Å²) in [5, 5.41) is 11.4. The molecule has 0 saturated carbocycles. The zero-order chi connectivity index (χ0) is 14.3. The molecule has 0 N–H and O–H groups in total. The molecule has 100 valence electrons. The van der Waals surface area contributed by atoms with E-state index in [0.717, 1.165) is 38.2 Å². The molecule has 3 rings (SSSR count). The summed E-state index contributed by atoms with van der Waals surface area (Å²) in [5.41, 5.74) is 3.96. The molecular formula is C16H12Cl2N2. The van der Waals surface area contributed by atoms with Gasteiger partial charge in [0.05, 0.1) is 0 Å². The van der Waals surface area contributed by atoms with Crippen molar-refractivity contribution in [1.82, 2.24) is 10.2 Å². The maximum atomic E-state index is 6.16. The van der Waals surface area contributed by atoms with Crippen molar-refractivity contribution in [1.29, 1.82) is 0 Å². The Hall–Kier alpha value is -1.64. The second-order valence-electron chi connectivity index (χ2n) is 4.80. The third-order valence-electron chi connectivity index (χ3n) is 3.40. The van der Waals surface area contributed by atoms with E-state index in [2.05, 4.69) is 10.2 Å². The summed E-state index contributed by atoms with van der Waals surface area (Å²) in [4.78, 5) is 0. The van der Waals surface area contributed by atoms with Crippen molar-refractivity contribution in [2.75, 3.05) is 0 Å². The van der Waals surface area contributed by atoms with Crippen LogP contribution in [0.5, 0.6) is 0 Å². The van der Waals surface area contributed by atoms with Crippen LogP contribution in [0.4, 0.5) is 0 Å². The largest absolute Gasteiger partial charge is 0.159 e. The first-order valence-electron chi connectivity index (χ1n) is 6.26. The summed E-state index contributed by atoms with van der Waals surface area (Å²) in [6, 6.07) is 11.9. The van der Waals surface area contributed by atoms with Crippen LogP contribution in [-0.2, 0) is 0 Å². The van der Waals surface area contributed by atoms with E-state index in [1.54, 1.807) is 0 Å². The second-order valence-corrected chi connectivity index (χ2v) is 5.57. The number of hydrogen-bond acceptors (Lipinski definition) is 2. The van der Waals surface area contributed by atoms with E-state index in [1.165, 1.54) is 0 Å². The Morgan fingerprint density at radius 1 is 0.850 bits per heavy atom. The minimum Gasteiger partial charge on any atom is -0.148 e. The molecule has 0 unspecified atom stereocenters. The number of rotatable bonds is 1. The Labute approximate surface area is 127 Å². The molecule has 4 heteroatoms. The van der Waals surface area contributed by atoms with Crippen LogP contribution in [0.2, 0.25) is 10.2 Å². The lowest BCUT2D eigenvalue weighted by Crippen LogP contribution is -1.94. The molecule has 1 aromatic heterocycles. The van der Waals surface area contributed by atoms with Gasteiger partial charge in [0.2, 0.25) is 0 Å². The Kier molecular flexibility index (Phi) is 3.36. The fraction of sp³-hybridized carbons (Fsp3) is 0.125. The average molecular weight is 303 g/mol. The number of benzene rings is 2. The average Bonchev–Trinajstić information content (AvgIpc) is 2.44. The first kappa shape index (κ1) is 13.3. The van der Waals surface area contributed by atoms with Crippen LogP contribution in [0.3, 0.4) is 0 Å². The normalized spacial score (nSPS) is 11.0. The van der Waals surface area contributed by atoms with Gasteiger partial charge < -0.3 is 0 Å². The summed E-state index contributed by atoms with van der Waals surface area (Å²) in [5.74, 6) is 0. The molecule has 2 nitrogen and oxygen atoms in total. The lowest BCUT2D eigenvalue weighted by Gasteiger charge is -2.10. The first-order chi connectivity index (χ1) is 9.58. The molecule has 0 atom stereocenters. The van der Waals surface area contributed by atoms with Gasteiger partial charge in [-0.15, -0.1) is 10.2 Å². The number of fused-ring (bicyclic) bond motifs is 1. The van der Waals surface area contributed by atoms with Crippen LogP contribution in [-0.4, -0.2) is 10.2 Å². The van der Waals surface area contributed by atoms with E-state index in [4.69, 9.17) is 23.2 Å². The Morgan fingerprint density at radius 2 is 1.55 bits per heavy atom. The molecular weight excluding hydrogens is 291 g/mol. The summed E-state index contributed by atoms with van der Waals surface area (Å²) >= 11 is 12.3. The number of aryl methyl sites for hydroxylation is 2. The Balaban J connectivity index is 2.36. The highest BCUT2D eigenvalue weighted by Crippen LogP contribution is 2.33. The molecule has 0 aliphatic heterocycles. The Bertz CT molecular complexity index is 813. The molecule has 0 amide bonds. The van der Waals surface area contributed by atoms with Crippen molar-refractivity contribution in [2.24, 2.45) is 0 Å². The molecule has 3 aromatic rings. The van der Waals surface area contributed by atoms with Crippen LogP contribution < -0.4 is 0 Å². The zero-order valence-electron chi connectivity index (χ0n) is 11.1. The molecule has 0 fully saturated rings. The van der Waals surface area contributed by atoms with Crippen molar-refractivity contribution in [3.05, 3.63) is 57.7 Å². The lowest BCUT2D eigenvalue weighted by atomic mass is 9.99. The Morgan fingerprint density at radius 3 is 2.30 bits per heavy atom. The van der Waals surface area contributed by atoms with Crippen LogP contribution in [0.25, 0.3) is 22.0 Å². The fourth-order valence-electron chi connectivity index (χ4n) is 2.31. The molecule has 0 aliphatic carbocycles. The van der Waals surface area contributed by atoms with Gasteiger partial charge in [-0.25, -0.2) is 0 Å². The van der Waals surface area contributed by atoms with Crippen LogP contribution in [0.1, 0.15) is 11.1 Å². The van der Waals surface area contributed by atoms with Crippen molar-refractivity contribution in [2.45, 2.75) is 13.8 Å². The number of halogens is 2. The summed E-state index contributed by atoms with van der Waals surface area (Å²) in [6.07, 6.45) is 0. The minimum absolute atomic E-state index is 0.424. The molecule has 0 aliphatic rings. The fourth-order valence-corrected chi connectivity index (χ4v) is 2.73. The second kappa shape index (κ2) is 5.04. The third kappa shape index (κ3) is 2.15. The highest BCUT2D eigenvalue weighted by Gasteiger charge is 2.12. The predicted octanol–water partition coefficient (Wildman–Crippen LogP) is 5.22. The SMILES string of the molecule is Cc1cc(-c2nnc(Cl)c3ccccc23)c(C)cc1Cl. The number of nitrogens with zero attached hydrogens (tertiary/aromatic N) is 2. The standard InChI is InChI=1S/C16H12Cl2N2/c1-9-8-14(17)10(2)7-13(9)15-11-5-3-4-6-12(11)16(18)20-19-15/h3-8H,1-2H3. The van der Waals surface area contributed by atoms with E-state index < -0.39 is 0 Å². The van der Waals surface area contributed by atoms with Crippen LogP contribution >= 0.6 is 23.2 Å². The third-order valence-corrected chi connectivity index (χ3v) is 4.09. The van der Waals surface area contributed by atoms with Crippen molar-refractivity contribution in [3.63, 3.8) is 0 Å². The molecule has 0 spiro atoms. The van der Waals surface area contributed by atoms with Gasteiger partial charge >= 0.3 is 0 Å². The van der Waals surface area contributed by atoms with E-state index in [0.29, 0.717) is 5.15 Å². The monoisotopic (exact) mass is 302 g/mol. The molecule has 2 aromatic carbocycles.